The average molecular weight is 180 g/mol. The van der Waals surface area contributed by atoms with E-state index in [-0.39, 0.29) is 5.17 Å². The van der Waals surface area contributed by atoms with Gasteiger partial charge in [0.25, 0.3) is 0 Å². The fourth-order valence-electron chi connectivity index (χ4n) is 0.869. The quantitative estimate of drug-likeness (QED) is 0.374. The van der Waals surface area contributed by atoms with E-state index in [0.29, 0.717) is 6.61 Å². The molecule has 1 aliphatic heterocycles. The number of ether oxygens (including phenoxy) is 2. The summed E-state index contributed by atoms with van der Waals surface area (Å²) >= 11 is 5.49. The molecule has 4 nitrogen and oxygen atoms in total. The van der Waals surface area contributed by atoms with Crippen molar-refractivity contribution in [3.63, 3.8) is 0 Å². The van der Waals surface area contributed by atoms with Crippen LogP contribution in [0.3, 0.4) is 0 Å². The molecule has 0 spiro atoms. The van der Waals surface area contributed by atoms with Crippen LogP contribution in [0, 0.1) is 0 Å². The number of rotatable bonds is 1. The zero-order valence-electron chi connectivity index (χ0n) is 6.37. The molecule has 11 heavy (non-hydrogen) atoms. The first-order valence-corrected chi connectivity index (χ1v) is 3.62. The molecule has 0 bridgehead atoms. The van der Waals surface area contributed by atoms with Gasteiger partial charge in [0, 0.05) is 0 Å². The fraction of sp³-hybridized carbons (Fsp3) is 0.833. The van der Waals surface area contributed by atoms with E-state index in [0.717, 1.165) is 0 Å². The van der Waals surface area contributed by atoms with Crippen LogP contribution in [0.5, 0.6) is 0 Å². The van der Waals surface area contributed by atoms with Crippen molar-refractivity contribution in [1.82, 2.24) is 0 Å². The molecule has 0 aromatic heterocycles. The van der Waals surface area contributed by atoms with E-state index < -0.39 is 11.9 Å². The zero-order chi connectivity index (χ0) is 8.48. The maximum Gasteiger partial charge on any atom is 0.176 e. The molecule has 0 aromatic rings. The van der Waals surface area contributed by atoms with Gasteiger partial charge in [-0.15, -0.1) is 0 Å². The van der Waals surface area contributed by atoms with Gasteiger partial charge in [0.1, 0.15) is 6.10 Å². The lowest BCUT2D eigenvalue weighted by atomic mass is 10.4. The Morgan fingerprint density at radius 1 is 1.73 bits per heavy atom. The molecule has 1 aliphatic rings. The van der Waals surface area contributed by atoms with Crippen LogP contribution in [0.25, 0.3) is 0 Å². The summed E-state index contributed by atoms with van der Waals surface area (Å²) in [5.41, 5.74) is 0. The molecule has 64 valence electrons. The lowest BCUT2D eigenvalue weighted by Gasteiger charge is -2.15. The van der Waals surface area contributed by atoms with Crippen LogP contribution in [-0.2, 0) is 9.47 Å². The highest BCUT2D eigenvalue weighted by Crippen LogP contribution is 2.23. The number of halogens is 1. The lowest BCUT2D eigenvalue weighted by Crippen LogP contribution is -2.24. The molecule has 0 amide bonds. The summed E-state index contributed by atoms with van der Waals surface area (Å²) < 4.78 is 10.4. The fourth-order valence-corrected chi connectivity index (χ4v) is 0.976. The van der Waals surface area contributed by atoms with Crippen LogP contribution >= 0.6 is 11.6 Å². The maximum absolute atomic E-state index is 8.29. The van der Waals surface area contributed by atoms with Gasteiger partial charge in [0.2, 0.25) is 0 Å². The standard InChI is InChI=1S/C6H10ClNO3/c1-6(2)10-3-4(11-6)5(7)8-9/h4,9H,3H2,1-2H3/t4-/m1/s1. The van der Waals surface area contributed by atoms with Crippen molar-refractivity contribution in [3.05, 3.63) is 0 Å². The molecule has 1 atom stereocenters. The second-order valence-corrected chi connectivity index (χ2v) is 3.13. The Hall–Kier alpha value is -0.320. The first kappa shape index (κ1) is 8.77. The third-order valence-electron chi connectivity index (χ3n) is 1.37. The third kappa shape index (κ3) is 2.05. The molecule has 0 aliphatic carbocycles. The van der Waals surface area contributed by atoms with Gasteiger partial charge >= 0.3 is 0 Å². The molecular weight excluding hydrogens is 170 g/mol. The van der Waals surface area contributed by atoms with Gasteiger partial charge in [0.05, 0.1) is 6.61 Å². The number of hydrogen-bond acceptors (Lipinski definition) is 4. The first-order valence-electron chi connectivity index (χ1n) is 3.24. The molecule has 1 rings (SSSR count). The van der Waals surface area contributed by atoms with Gasteiger partial charge < -0.3 is 14.7 Å². The molecule has 0 saturated carbocycles. The molecule has 0 unspecified atom stereocenters. The Bertz CT molecular complexity index is 181. The maximum atomic E-state index is 8.29. The predicted octanol–water partition coefficient (Wildman–Crippen LogP) is 1.16. The summed E-state index contributed by atoms with van der Waals surface area (Å²) in [6.07, 6.45) is -0.434. The van der Waals surface area contributed by atoms with Gasteiger partial charge in [-0.2, -0.15) is 0 Å². The minimum atomic E-state index is -0.629. The highest BCUT2D eigenvalue weighted by atomic mass is 35.5. The normalized spacial score (nSPS) is 30.8. The van der Waals surface area contributed by atoms with Crippen molar-refractivity contribution < 1.29 is 14.7 Å². The summed E-state index contributed by atoms with van der Waals surface area (Å²) in [6.45, 7) is 3.87. The van der Waals surface area contributed by atoms with Crippen LogP contribution in [-0.4, -0.2) is 28.9 Å². The highest BCUT2D eigenvalue weighted by molar-refractivity contribution is 6.66. The van der Waals surface area contributed by atoms with Gasteiger partial charge in [-0.1, -0.05) is 16.8 Å². The van der Waals surface area contributed by atoms with Crippen LogP contribution in [0.2, 0.25) is 0 Å². The molecule has 5 heteroatoms. The van der Waals surface area contributed by atoms with Crippen molar-refractivity contribution in [2.45, 2.75) is 25.7 Å². The van der Waals surface area contributed by atoms with Crippen molar-refractivity contribution in [3.8, 4) is 0 Å². The summed E-state index contributed by atoms with van der Waals surface area (Å²) in [5, 5.41) is 11.1. The van der Waals surface area contributed by atoms with Gasteiger partial charge in [-0.25, -0.2) is 0 Å². The Balaban J connectivity index is 2.55. The zero-order valence-corrected chi connectivity index (χ0v) is 7.13. The van der Waals surface area contributed by atoms with E-state index in [1.54, 1.807) is 13.8 Å². The predicted molar refractivity (Wildman–Crippen MR) is 40.0 cm³/mol. The van der Waals surface area contributed by atoms with Crippen molar-refractivity contribution >= 4 is 16.8 Å². The molecule has 1 N–H and O–H groups in total. The van der Waals surface area contributed by atoms with E-state index in [4.69, 9.17) is 26.3 Å². The molecule has 1 saturated heterocycles. The number of hydrogen-bond donors (Lipinski definition) is 1. The second kappa shape index (κ2) is 2.97. The van der Waals surface area contributed by atoms with Crippen LogP contribution in [0.15, 0.2) is 5.16 Å². The van der Waals surface area contributed by atoms with Crippen LogP contribution in [0.4, 0.5) is 0 Å². The van der Waals surface area contributed by atoms with E-state index >= 15 is 0 Å². The minimum absolute atomic E-state index is 0.0237. The largest absolute Gasteiger partial charge is 0.410 e. The smallest absolute Gasteiger partial charge is 0.176 e. The molecular formula is C6H10ClNO3. The summed E-state index contributed by atoms with van der Waals surface area (Å²) in [7, 11) is 0. The van der Waals surface area contributed by atoms with E-state index in [1.807, 2.05) is 0 Å². The Morgan fingerprint density at radius 3 is 2.73 bits per heavy atom. The average Bonchev–Trinajstić information content (AvgIpc) is 2.29. The minimum Gasteiger partial charge on any atom is -0.410 e. The van der Waals surface area contributed by atoms with Gasteiger partial charge in [-0.3, -0.25) is 0 Å². The second-order valence-electron chi connectivity index (χ2n) is 2.74. The van der Waals surface area contributed by atoms with E-state index in [2.05, 4.69) is 5.16 Å². The Morgan fingerprint density at radius 2 is 2.36 bits per heavy atom. The topological polar surface area (TPSA) is 51.0 Å². The van der Waals surface area contributed by atoms with E-state index in [9.17, 15) is 0 Å². The molecule has 0 radical (unpaired) electrons. The van der Waals surface area contributed by atoms with Crippen LogP contribution in [0.1, 0.15) is 13.8 Å². The number of nitrogens with zero attached hydrogens (tertiary/aromatic N) is 1. The van der Waals surface area contributed by atoms with Crippen molar-refractivity contribution in [2.75, 3.05) is 6.61 Å². The van der Waals surface area contributed by atoms with Crippen molar-refractivity contribution in [1.29, 1.82) is 0 Å². The first-order chi connectivity index (χ1) is 5.05. The SMILES string of the molecule is CC1(C)OC[C@H](C(Cl)=NO)O1. The van der Waals surface area contributed by atoms with Gasteiger partial charge in [-0.05, 0) is 13.8 Å². The van der Waals surface area contributed by atoms with Crippen LogP contribution < -0.4 is 0 Å². The number of oxime groups is 1. The Kier molecular flexibility index (Phi) is 2.37. The molecule has 1 fully saturated rings. The van der Waals surface area contributed by atoms with Crippen molar-refractivity contribution in [2.24, 2.45) is 5.16 Å². The molecule has 1 heterocycles. The monoisotopic (exact) mass is 179 g/mol. The highest BCUT2D eigenvalue weighted by Gasteiger charge is 2.35. The lowest BCUT2D eigenvalue weighted by molar-refractivity contribution is -0.131. The molecule has 0 aromatic carbocycles. The summed E-state index contributed by atoms with van der Waals surface area (Å²) in [4.78, 5) is 0. The van der Waals surface area contributed by atoms with E-state index in [1.165, 1.54) is 0 Å². The summed E-state index contributed by atoms with van der Waals surface area (Å²) in [5.74, 6) is -0.629. The van der Waals surface area contributed by atoms with Gasteiger partial charge in [0.15, 0.2) is 11.0 Å². The Labute approximate surface area is 69.7 Å². The summed E-state index contributed by atoms with van der Waals surface area (Å²) in [6, 6.07) is 0. The third-order valence-corrected chi connectivity index (χ3v) is 1.69.